The number of carbonyl (C=O) groups is 1. The van der Waals surface area contributed by atoms with Crippen LogP contribution in [0, 0.1) is 0 Å². The van der Waals surface area contributed by atoms with Gasteiger partial charge >= 0.3 is 0 Å². The van der Waals surface area contributed by atoms with Crippen LogP contribution in [0.25, 0.3) is 11.0 Å². The Balaban J connectivity index is 1.93. The van der Waals surface area contributed by atoms with Crippen molar-refractivity contribution < 1.29 is 18.7 Å². The minimum atomic E-state index is -0.642. The molecule has 1 N–H and O–H groups in total. The zero-order chi connectivity index (χ0) is 18.4. The first-order valence-electron chi connectivity index (χ1n) is 7.82. The van der Waals surface area contributed by atoms with Crippen LogP contribution >= 0.6 is 11.6 Å². The largest absolute Gasteiger partial charge is 0.493 e. The third-order valence-electron chi connectivity index (χ3n) is 4.40. The molecular weight excluding hydrogens is 358 g/mol. The Morgan fingerprint density at radius 2 is 1.81 bits per heavy atom. The number of benzene rings is 2. The van der Waals surface area contributed by atoms with Gasteiger partial charge in [-0.3, -0.25) is 9.59 Å². The highest BCUT2D eigenvalue weighted by Gasteiger charge is 2.36. The minimum Gasteiger partial charge on any atom is -0.493 e. The van der Waals surface area contributed by atoms with Crippen LogP contribution in [0.4, 0.5) is 0 Å². The maximum Gasteiger partial charge on any atom is 0.288 e. The third kappa shape index (κ3) is 2.42. The van der Waals surface area contributed by atoms with Crippen LogP contribution in [0.15, 0.2) is 45.6 Å². The number of methoxy groups -OCH3 is 2. The van der Waals surface area contributed by atoms with Gasteiger partial charge in [-0.05, 0) is 35.9 Å². The molecule has 3 aromatic rings. The van der Waals surface area contributed by atoms with Crippen LogP contribution in [-0.4, -0.2) is 20.1 Å². The lowest BCUT2D eigenvalue weighted by Gasteiger charge is -2.14. The number of halogens is 1. The van der Waals surface area contributed by atoms with Gasteiger partial charge in [-0.15, -0.1) is 0 Å². The molecule has 1 aromatic heterocycles. The average molecular weight is 372 g/mol. The Kier molecular flexibility index (Phi) is 3.85. The van der Waals surface area contributed by atoms with E-state index in [1.54, 1.807) is 30.3 Å². The number of ether oxygens (including phenoxy) is 2. The van der Waals surface area contributed by atoms with Crippen LogP contribution < -0.4 is 20.2 Å². The minimum absolute atomic E-state index is 0.0182. The summed E-state index contributed by atoms with van der Waals surface area (Å²) in [7, 11) is 3.06. The zero-order valence-electron chi connectivity index (χ0n) is 14.0. The molecule has 1 atom stereocenters. The zero-order valence-corrected chi connectivity index (χ0v) is 14.7. The third-order valence-corrected chi connectivity index (χ3v) is 4.63. The normalized spacial score (nSPS) is 15.7. The summed E-state index contributed by atoms with van der Waals surface area (Å²) in [6.07, 6.45) is 0. The fourth-order valence-corrected chi connectivity index (χ4v) is 3.34. The van der Waals surface area contributed by atoms with E-state index in [-0.39, 0.29) is 16.8 Å². The monoisotopic (exact) mass is 371 g/mol. The summed E-state index contributed by atoms with van der Waals surface area (Å²) in [5.74, 6) is 0.636. The van der Waals surface area contributed by atoms with Crippen LogP contribution in [0.1, 0.15) is 27.7 Å². The molecule has 1 amide bonds. The molecule has 0 radical (unpaired) electrons. The lowest BCUT2D eigenvalue weighted by molar-refractivity contribution is 0.0938. The molecule has 0 aliphatic carbocycles. The first-order chi connectivity index (χ1) is 12.5. The molecule has 1 aliphatic rings. The van der Waals surface area contributed by atoms with Crippen molar-refractivity contribution in [1.29, 1.82) is 0 Å². The summed E-state index contributed by atoms with van der Waals surface area (Å²) >= 11 is 6.00. The topological polar surface area (TPSA) is 77.8 Å². The lowest BCUT2D eigenvalue weighted by atomic mass is 9.99. The van der Waals surface area contributed by atoms with E-state index < -0.39 is 11.9 Å². The molecule has 1 unspecified atom stereocenters. The standard InChI is InChI=1S/C19H14ClNO5/c1-24-13-5-3-9(7-14(13)25-2)16-15-17(22)11-8-10(20)4-6-12(11)26-18(15)19(23)21-16/h3-8,16H,1-2H3,(H,21,23). The van der Waals surface area contributed by atoms with Gasteiger partial charge in [-0.1, -0.05) is 17.7 Å². The van der Waals surface area contributed by atoms with Crippen molar-refractivity contribution in [1.82, 2.24) is 5.32 Å². The van der Waals surface area contributed by atoms with Crippen molar-refractivity contribution >= 4 is 28.5 Å². The van der Waals surface area contributed by atoms with Gasteiger partial charge in [0, 0.05) is 5.02 Å². The van der Waals surface area contributed by atoms with E-state index in [0.717, 1.165) is 0 Å². The van der Waals surface area contributed by atoms with Gasteiger partial charge in [0.1, 0.15) is 5.58 Å². The number of amides is 1. The molecule has 1 aliphatic heterocycles. The second-order valence-electron chi connectivity index (χ2n) is 5.84. The first kappa shape index (κ1) is 16.5. The molecule has 6 nitrogen and oxygen atoms in total. The quantitative estimate of drug-likeness (QED) is 0.764. The van der Waals surface area contributed by atoms with Crippen LogP contribution in [0.3, 0.4) is 0 Å². The Morgan fingerprint density at radius 3 is 2.54 bits per heavy atom. The summed E-state index contributed by atoms with van der Waals surface area (Å²) in [4.78, 5) is 25.4. The Labute approximate surface area is 153 Å². The molecule has 0 bridgehead atoms. The molecular formula is C19H14ClNO5. The Morgan fingerprint density at radius 1 is 1.04 bits per heavy atom. The maximum atomic E-state index is 13.0. The number of fused-ring (bicyclic) bond motifs is 2. The van der Waals surface area contributed by atoms with Crippen molar-refractivity contribution in [3.8, 4) is 11.5 Å². The van der Waals surface area contributed by atoms with E-state index in [4.69, 9.17) is 25.5 Å². The fourth-order valence-electron chi connectivity index (χ4n) is 3.16. The van der Waals surface area contributed by atoms with Gasteiger partial charge in [-0.2, -0.15) is 0 Å². The van der Waals surface area contributed by atoms with Crippen molar-refractivity contribution in [2.75, 3.05) is 14.2 Å². The number of nitrogens with one attached hydrogen (secondary N) is 1. The molecule has 4 rings (SSSR count). The summed E-state index contributed by atoms with van der Waals surface area (Å²) in [5, 5.41) is 3.55. The van der Waals surface area contributed by atoms with Crippen molar-refractivity contribution in [2.24, 2.45) is 0 Å². The van der Waals surface area contributed by atoms with Crippen LogP contribution in [-0.2, 0) is 0 Å². The molecule has 0 spiro atoms. The van der Waals surface area contributed by atoms with Gasteiger partial charge in [0.25, 0.3) is 5.91 Å². The number of rotatable bonds is 3. The predicted molar refractivity (Wildman–Crippen MR) is 96.3 cm³/mol. The Hall–Kier alpha value is -2.99. The molecule has 0 saturated carbocycles. The number of hydrogen-bond donors (Lipinski definition) is 1. The molecule has 2 aromatic carbocycles. The first-order valence-corrected chi connectivity index (χ1v) is 8.20. The maximum absolute atomic E-state index is 13.0. The summed E-state index contributed by atoms with van der Waals surface area (Å²) in [5.41, 5.74) is 0.976. The highest BCUT2D eigenvalue weighted by atomic mass is 35.5. The number of hydrogen-bond acceptors (Lipinski definition) is 5. The molecule has 0 fully saturated rings. The van der Waals surface area contributed by atoms with E-state index in [2.05, 4.69) is 5.32 Å². The van der Waals surface area contributed by atoms with E-state index in [1.165, 1.54) is 20.3 Å². The predicted octanol–water partition coefficient (Wildman–Crippen LogP) is 3.30. The highest BCUT2D eigenvalue weighted by molar-refractivity contribution is 6.31. The van der Waals surface area contributed by atoms with E-state index in [1.807, 2.05) is 0 Å². The SMILES string of the molecule is COc1ccc(C2NC(=O)c3oc4ccc(Cl)cc4c(=O)c32)cc1OC. The average Bonchev–Trinajstić information content (AvgIpc) is 2.99. The summed E-state index contributed by atoms with van der Waals surface area (Å²) in [6, 6.07) is 9.30. The van der Waals surface area contributed by atoms with Gasteiger partial charge < -0.3 is 19.2 Å². The van der Waals surface area contributed by atoms with Gasteiger partial charge in [0.15, 0.2) is 16.9 Å². The smallest absolute Gasteiger partial charge is 0.288 e. The van der Waals surface area contributed by atoms with Crippen LogP contribution in [0.2, 0.25) is 5.02 Å². The lowest BCUT2D eigenvalue weighted by Crippen LogP contribution is -2.22. The molecule has 7 heteroatoms. The second kappa shape index (κ2) is 6.07. The van der Waals surface area contributed by atoms with Gasteiger partial charge in [-0.25, -0.2) is 0 Å². The van der Waals surface area contributed by atoms with Crippen LogP contribution in [0.5, 0.6) is 11.5 Å². The molecule has 132 valence electrons. The summed E-state index contributed by atoms with van der Waals surface area (Å²) in [6.45, 7) is 0. The molecule has 0 saturated heterocycles. The summed E-state index contributed by atoms with van der Waals surface area (Å²) < 4.78 is 16.2. The van der Waals surface area contributed by atoms with Crippen molar-refractivity contribution in [3.05, 3.63) is 68.5 Å². The van der Waals surface area contributed by atoms with E-state index in [9.17, 15) is 9.59 Å². The van der Waals surface area contributed by atoms with Gasteiger partial charge in [0.2, 0.25) is 5.76 Å². The fraction of sp³-hybridized carbons (Fsp3) is 0.158. The molecule has 2 heterocycles. The Bertz CT molecular complexity index is 1110. The van der Waals surface area contributed by atoms with E-state index in [0.29, 0.717) is 33.1 Å². The number of carbonyl (C=O) groups excluding carboxylic acids is 1. The van der Waals surface area contributed by atoms with Gasteiger partial charge in [0.05, 0.1) is 31.2 Å². The van der Waals surface area contributed by atoms with Crippen molar-refractivity contribution in [2.45, 2.75) is 6.04 Å². The molecule has 26 heavy (non-hydrogen) atoms. The van der Waals surface area contributed by atoms with E-state index >= 15 is 0 Å². The van der Waals surface area contributed by atoms with Crippen molar-refractivity contribution in [3.63, 3.8) is 0 Å². The second-order valence-corrected chi connectivity index (χ2v) is 6.27. The highest BCUT2D eigenvalue weighted by Crippen LogP contribution is 2.35.